The lowest BCUT2D eigenvalue weighted by Crippen LogP contribution is -2.30. The van der Waals surface area contributed by atoms with Gasteiger partial charge in [-0.1, -0.05) is 71.1 Å². The molecule has 0 aromatic carbocycles. The summed E-state index contributed by atoms with van der Waals surface area (Å²) in [5, 5.41) is 0. The maximum atomic E-state index is 6.21. The summed E-state index contributed by atoms with van der Waals surface area (Å²) in [5.74, 6) is 0.638. The Morgan fingerprint density at radius 3 is 2.05 bits per heavy atom. The molecule has 0 aromatic heterocycles. The van der Waals surface area contributed by atoms with Crippen LogP contribution in [0.3, 0.4) is 0 Å². The summed E-state index contributed by atoms with van der Waals surface area (Å²) in [7, 11) is 0. The Morgan fingerprint density at radius 1 is 0.947 bits per heavy atom. The Labute approximate surface area is 120 Å². The van der Waals surface area contributed by atoms with Crippen molar-refractivity contribution in [2.75, 3.05) is 13.2 Å². The van der Waals surface area contributed by atoms with Gasteiger partial charge in [-0.3, -0.25) is 0 Å². The molecule has 114 valence electrons. The van der Waals surface area contributed by atoms with E-state index in [1.807, 2.05) is 0 Å². The second-order valence-electron chi connectivity index (χ2n) is 6.26. The van der Waals surface area contributed by atoms with Crippen LogP contribution in [-0.2, 0) is 4.74 Å². The Morgan fingerprint density at radius 2 is 1.53 bits per heavy atom. The van der Waals surface area contributed by atoms with E-state index < -0.39 is 0 Å². The molecule has 0 aliphatic carbocycles. The molecule has 1 aliphatic rings. The van der Waals surface area contributed by atoms with Crippen LogP contribution in [0.5, 0.6) is 0 Å². The van der Waals surface area contributed by atoms with Crippen LogP contribution in [0.2, 0.25) is 0 Å². The smallest absolute Gasteiger partial charge is 0.0509 e. The summed E-state index contributed by atoms with van der Waals surface area (Å²) < 4.78 is 5.40. The van der Waals surface area contributed by atoms with E-state index in [1.54, 1.807) is 0 Å². The molecule has 0 radical (unpaired) electrons. The zero-order chi connectivity index (χ0) is 13.8. The molecule has 1 fully saturated rings. The summed E-state index contributed by atoms with van der Waals surface area (Å²) in [5.41, 5.74) is 6.21. The Hall–Kier alpha value is -0.0800. The fourth-order valence-corrected chi connectivity index (χ4v) is 2.99. The molecular weight excluding hydrogens is 234 g/mol. The minimum Gasteiger partial charge on any atom is -0.381 e. The normalized spacial score (nSPS) is 20.8. The van der Waals surface area contributed by atoms with Crippen LogP contribution in [0.1, 0.15) is 84.0 Å². The van der Waals surface area contributed by atoms with Gasteiger partial charge in [0, 0.05) is 12.6 Å². The van der Waals surface area contributed by atoms with Crippen LogP contribution in [0.15, 0.2) is 0 Å². The highest BCUT2D eigenvalue weighted by atomic mass is 16.5. The second-order valence-corrected chi connectivity index (χ2v) is 6.26. The zero-order valence-corrected chi connectivity index (χ0v) is 13.0. The van der Waals surface area contributed by atoms with Crippen molar-refractivity contribution in [1.82, 2.24) is 0 Å². The van der Waals surface area contributed by atoms with Crippen LogP contribution in [-0.4, -0.2) is 19.3 Å². The van der Waals surface area contributed by atoms with Gasteiger partial charge in [-0.15, -0.1) is 0 Å². The van der Waals surface area contributed by atoms with E-state index in [9.17, 15) is 0 Å². The van der Waals surface area contributed by atoms with Crippen LogP contribution in [0, 0.1) is 5.92 Å². The molecule has 1 aliphatic heterocycles. The van der Waals surface area contributed by atoms with Gasteiger partial charge in [0.25, 0.3) is 0 Å². The van der Waals surface area contributed by atoms with Crippen LogP contribution in [0.4, 0.5) is 0 Å². The zero-order valence-electron chi connectivity index (χ0n) is 13.0. The van der Waals surface area contributed by atoms with Crippen molar-refractivity contribution in [3.05, 3.63) is 0 Å². The monoisotopic (exact) mass is 269 g/mol. The molecule has 0 aromatic rings. The minimum atomic E-state index is 0.386. The number of unbranched alkanes of at least 4 members (excludes halogenated alkanes) is 9. The van der Waals surface area contributed by atoms with E-state index >= 15 is 0 Å². The molecular formula is C17H35NO. The quantitative estimate of drug-likeness (QED) is 0.523. The second kappa shape index (κ2) is 11.7. The van der Waals surface area contributed by atoms with Crippen LogP contribution >= 0.6 is 0 Å². The van der Waals surface area contributed by atoms with Gasteiger partial charge in [0.05, 0.1) is 6.61 Å². The van der Waals surface area contributed by atoms with Crippen LogP contribution in [0.25, 0.3) is 0 Å². The van der Waals surface area contributed by atoms with Gasteiger partial charge in [0.15, 0.2) is 0 Å². The van der Waals surface area contributed by atoms with Gasteiger partial charge in [-0.05, 0) is 18.8 Å². The third-order valence-electron chi connectivity index (χ3n) is 4.46. The molecule has 0 spiro atoms. The van der Waals surface area contributed by atoms with Gasteiger partial charge in [0.2, 0.25) is 0 Å². The third kappa shape index (κ3) is 8.65. The van der Waals surface area contributed by atoms with Gasteiger partial charge in [-0.25, -0.2) is 0 Å². The molecule has 1 heterocycles. The molecule has 0 bridgehead atoms. The van der Waals surface area contributed by atoms with Gasteiger partial charge in [0.1, 0.15) is 0 Å². The topological polar surface area (TPSA) is 35.2 Å². The lowest BCUT2D eigenvalue weighted by Gasteiger charge is -2.17. The number of hydrogen-bond donors (Lipinski definition) is 1. The van der Waals surface area contributed by atoms with E-state index in [1.165, 1.54) is 77.0 Å². The predicted octanol–water partition coefficient (Wildman–Crippen LogP) is 4.66. The van der Waals surface area contributed by atoms with Gasteiger partial charge >= 0.3 is 0 Å². The van der Waals surface area contributed by atoms with Crippen molar-refractivity contribution in [2.24, 2.45) is 11.7 Å². The summed E-state index contributed by atoms with van der Waals surface area (Å²) >= 11 is 0. The lowest BCUT2D eigenvalue weighted by molar-refractivity contribution is 0.179. The molecule has 1 rings (SSSR count). The van der Waals surface area contributed by atoms with Crippen molar-refractivity contribution in [3.63, 3.8) is 0 Å². The van der Waals surface area contributed by atoms with E-state index in [2.05, 4.69) is 6.92 Å². The fraction of sp³-hybridized carbons (Fsp3) is 1.00. The van der Waals surface area contributed by atoms with Crippen LogP contribution < -0.4 is 5.73 Å². The summed E-state index contributed by atoms with van der Waals surface area (Å²) in [6.07, 6.45) is 16.4. The largest absolute Gasteiger partial charge is 0.381 e. The standard InChI is InChI=1S/C17H35NO/c1-2-3-4-5-6-7-8-9-10-11-12-17(18)16-13-14-19-15-16/h16-17H,2-15,18H2,1H3. The average Bonchev–Trinajstić information content (AvgIpc) is 2.95. The first-order valence-electron chi connectivity index (χ1n) is 8.68. The van der Waals surface area contributed by atoms with E-state index in [0.717, 1.165) is 13.2 Å². The molecule has 0 amide bonds. The van der Waals surface area contributed by atoms with Gasteiger partial charge in [-0.2, -0.15) is 0 Å². The molecule has 2 heteroatoms. The number of ether oxygens (including phenoxy) is 1. The Balaban J connectivity index is 1.78. The summed E-state index contributed by atoms with van der Waals surface area (Å²) in [4.78, 5) is 0. The fourth-order valence-electron chi connectivity index (χ4n) is 2.99. The molecule has 0 saturated carbocycles. The first-order chi connectivity index (χ1) is 9.34. The first-order valence-corrected chi connectivity index (χ1v) is 8.68. The SMILES string of the molecule is CCCCCCCCCCCCC(N)C1CCOC1. The van der Waals surface area contributed by atoms with Crippen molar-refractivity contribution in [2.45, 2.75) is 90.0 Å². The minimum absolute atomic E-state index is 0.386. The third-order valence-corrected chi connectivity index (χ3v) is 4.46. The summed E-state index contributed by atoms with van der Waals surface area (Å²) in [6.45, 7) is 4.11. The maximum Gasteiger partial charge on any atom is 0.0509 e. The molecule has 2 N–H and O–H groups in total. The summed E-state index contributed by atoms with van der Waals surface area (Å²) in [6, 6.07) is 0.386. The highest BCUT2D eigenvalue weighted by molar-refractivity contribution is 4.76. The van der Waals surface area contributed by atoms with Crippen molar-refractivity contribution in [3.8, 4) is 0 Å². The number of nitrogens with two attached hydrogens (primary N) is 1. The predicted molar refractivity (Wildman–Crippen MR) is 83.4 cm³/mol. The van der Waals surface area contributed by atoms with Crippen molar-refractivity contribution < 1.29 is 4.74 Å². The highest BCUT2D eigenvalue weighted by Crippen LogP contribution is 2.19. The first kappa shape index (κ1) is 17.0. The van der Waals surface area contributed by atoms with E-state index in [0.29, 0.717) is 12.0 Å². The van der Waals surface area contributed by atoms with E-state index in [-0.39, 0.29) is 0 Å². The molecule has 1 saturated heterocycles. The maximum absolute atomic E-state index is 6.21. The molecule has 2 unspecified atom stereocenters. The number of hydrogen-bond acceptors (Lipinski definition) is 2. The average molecular weight is 269 g/mol. The lowest BCUT2D eigenvalue weighted by atomic mass is 9.94. The Bertz CT molecular complexity index is 190. The molecule has 2 nitrogen and oxygen atoms in total. The Kier molecular flexibility index (Phi) is 10.5. The van der Waals surface area contributed by atoms with Crippen molar-refractivity contribution >= 4 is 0 Å². The molecule has 19 heavy (non-hydrogen) atoms. The molecule has 2 atom stereocenters. The van der Waals surface area contributed by atoms with Gasteiger partial charge < -0.3 is 10.5 Å². The highest BCUT2D eigenvalue weighted by Gasteiger charge is 2.21. The van der Waals surface area contributed by atoms with E-state index in [4.69, 9.17) is 10.5 Å². The van der Waals surface area contributed by atoms with Crippen molar-refractivity contribution in [1.29, 1.82) is 0 Å². The number of rotatable bonds is 12.